The molecule has 1 heterocycles. The van der Waals surface area contributed by atoms with E-state index >= 15 is 4.57 Å². The van der Waals surface area contributed by atoms with Crippen LogP contribution in [0.4, 0.5) is 0 Å². The van der Waals surface area contributed by atoms with E-state index in [9.17, 15) is 0 Å². The fourth-order valence-corrected chi connectivity index (χ4v) is 10.2. The van der Waals surface area contributed by atoms with Crippen molar-refractivity contribution in [3.8, 4) is 0 Å². The zero-order valence-corrected chi connectivity index (χ0v) is 17.8. The molecule has 0 spiro atoms. The number of benzene rings is 4. The monoisotopic (exact) mass is 446 g/mol. The number of hydrogen-bond donors (Lipinski definition) is 0. The summed E-state index contributed by atoms with van der Waals surface area (Å²) in [6.07, 6.45) is 0. The molecule has 136 valence electrons. The number of fused-ring (bicyclic) bond motifs is 2. The van der Waals surface area contributed by atoms with Crippen LogP contribution in [-0.4, -0.2) is 15.0 Å². The van der Waals surface area contributed by atoms with E-state index in [0.717, 1.165) is 10.6 Å². The average Bonchev–Trinajstić information content (AvgIpc) is 2.78. The minimum atomic E-state index is -2.95. The standard InChI is InChI=1S/C25H19OPSe/c26-27(19-11-3-1-4-12-19,20-13-5-2-6-14-20)25-21-15-7-9-17-23(21)28-24-18-10-8-16-22(24)25/h1-18,25H. The van der Waals surface area contributed by atoms with Crippen molar-refractivity contribution in [1.82, 2.24) is 0 Å². The van der Waals surface area contributed by atoms with Gasteiger partial charge in [0.05, 0.1) is 0 Å². The van der Waals surface area contributed by atoms with Crippen LogP contribution in [0.15, 0.2) is 109 Å². The molecule has 4 aromatic rings. The van der Waals surface area contributed by atoms with Gasteiger partial charge in [-0.2, -0.15) is 0 Å². The summed E-state index contributed by atoms with van der Waals surface area (Å²) >= 11 is 0.238. The molecule has 0 saturated heterocycles. The number of hydrogen-bond acceptors (Lipinski definition) is 1. The molecule has 0 N–H and O–H groups in total. The normalized spacial score (nSPS) is 13.6. The first kappa shape index (κ1) is 17.7. The quantitative estimate of drug-likeness (QED) is 0.347. The van der Waals surface area contributed by atoms with Crippen LogP contribution in [0.2, 0.25) is 0 Å². The Morgan fingerprint density at radius 3 is 1.39 bits per heavy atom. The maximum atomic E-state index is 15.1. The molecule has 0 bridgehead atoms. The van der Waals surface area contributed by atoms with E-state index in [1.165, 1.54) is 20.1 Å². The summed E-state index contributed by atoms with van der Waals surface area (Å²) in [5.41, 5.74) is 2.29. The van der Waals surface area contributed by atoms with Crippen molar-refractivity contribution in [2.75, 3.05) is 0 Å². The Labute approximate surface area is 172 Å². The molecule has 4 aromatic carbocycles. The van der Waals surface area contributed by atoms with E-state index in [-0.39, 0.29) is 20.6 Å². The Balaban J connectivity index is 1.85. The van der Waals surface area contributed by atoms with E-state index in [0.29, 0.717) is 0 Å². The molecule has 5 rings (SSSR count). The van der Waals surface area contributed by atoms with Crippen LogP contribution >= 0.6 is 7.14 Å². The summed E-state index contributed by atoms with van der Waals surface area (Å²) in [6.45, 7) is 0. The van der Waals surface area contributed by atoms with Crippen molar-refractivity contribution in [2.24, 2.45) is 0 Å². The average molecular weight is 445 g/mol. The van der Waals surface area contributed by atoms with Gasteiger partial charge in [-0.25, -0.2) is 0 Å². The summed E-state index contributed by atoms with van der Waals surface area (Å²) in [5, 5.41) is 1.84. The molecule has 0 saturated carbocycles. The van der Waals surface area contributed by atoms with E-state index < -0.39 is 7.14 Å². The zero-order chi connectivity index (χ0) is 19.0. The van der Waals surface area contributed by atoms with Crippen LogP contribution in [0.25, 0.3) is 0 Å². The van der Waals surface area contributed by atoms with Crippen molar-refractivity contribution >= 4 is 41.6 Å². The Morgan fingerprint density at radius 1 is 0.536 bits per heavy atom. The van der Waals surface area contributed by atoms with Crippen molar-refractivity contribution in [1.29, 1.82) is 0 Å². The van der Waals surface area contributed by atoms with Gasteiger partial charge in [-0.15, -0.1) is 0 Å². The van der Waals surface area contributed by atoms with Crippen LogP contribution in [0, 0.1) is 0 Å². The molecule has 3 heteroatoms. The second-order valence-electron chi connectivity index (χ2n) is 6.91. The number of rotatable bonds is 3. The van der Waals surface area contributed by atoms with Gasteiger partial charge in [-0.1, -0.05) is 0 Å². The molecule has 0 radical (unpaired) electrons. The maximum absolute atomic E-state index is 15.1. The Bertz CT molecular complexity index is 1080. The van der Waals surface area contributed by atoms with Gasteiger partial charge in [0, 0.05) is 0 Å². The van der Waals surface area contributed by atoms with Gasteiger partial charge in [0.25, 0.3) is 0 Å². The minimum absolute atomic E-state index is 0.152. The summed E-state index contributed by atoms with van der Waals surface area (Å²) in [6, 6.07) is 37.2. The molecule has 28 heavy (non-hydrogen) atoms. The molecule has 0 fully saturated rings. The predicted molar refractivity (Wildman–Crippen MR) is 120 cm³/mol. The van der Waals surface area contributed by atoms with E-state index in [1.807, 2.05) is 60.7 Å². The fourth-order valence-electron chi connectivity index (χ4n) is 4.02. The van der Waals surface area contributed by atoms with Crippen molar-refractivity contribution in [3.05, 3.63) is 120 Å². The first-order valence-electron chi connectivity index (χ1n) is 9.35. The summed E-state index contributed by atoms with van der Waals surface area (Å²) in [7, 11) is -2.95. The van der Waals surface area contributed by atoms with Crippen LogP contribution in [-0.2, 0) is 4.57 Å². The van der Waals surface area contributed by atoms with Gasteiger partial charge < -0.3 is 0 Å². The van der Waals surface area contributed by atoms with Crippen molar-refractivity contribution in [3.63, 3.8) is 0 Å². The zero-order valence-electron chi connectivity index (χ0n) is 15.2. The first-order valence-corrected chi connectivity index (χ1v) is 12.8. The third kappa shape index (κ3) is 2.81. The topological polar surface area (TPSA) is 17.1 Å². The second kappa shape index (κ2) is 7.22. The molecule has 0 amide bonds. The first-order chi connectivity index (χ1) is 13.8. The van der Waals surface area contributed by atoms with Gasteiger partial charge in [-0.3, -0.25) is 0 Å². The third-order valence-corrected chi connectivity index (χ3v) is 11.2. The Kier molecular flexibility index (Phi) is 4.57. The second-order valence-corrected chi connectivity index (χ2v) is 12.0. The van der Waals surface area contributed by atoms with Gasteiger partial charge in [0.1, 0.15) is 0 Å². The van der Waals surface area contributed by atoms with Crippen molar-refractivity contribution in [2.45, 2.75) is 5.66 Å². The molecule has 1 nitrogen and oxygen atoms in total. The van der Waals surface area contributed by atoms with Crippen LogP contribution in [0.5, 0.6) is 0 Å². The summed E-state index contributed by atoms with van der Waals surface area (Å²) in [4.78, 5) is 0. The van der Waals surface area contributed by atoms with Gasteiger partial charge >= 0.3 is 172 Å². The van der Waals surface area contributed by atoms with Crippen LogP contribution in [0.1, 0.15) is 16.8 Å². The molecule has 0 unspecified atom stereocenters. The van der Waals surface area contributed by atoms with Gasteiger partial charge in [0.2, 0.25) is 0 Å². The Hall–Kier alpha value is -2.37. The van der Waals surface area contributed by atoms with E-state index in [4.69, 9.17) is 0 Å². The predicted octanol–water partition coefficient (Wildman–Crippen LogP) is 3.76. The molecule has 1 aliphatic rings. The molecule has 0 aliphatic carbocycles. The molecular formula is C25H19OPSe. The molecule has 1 aliphatic heterocycles. The van der Waals surface area contributed by atoms with Crippen LogP contribution in [0.3, 0.4) is 0 Å². The van der Waals surface area contributed by atoms with Gasteiger partial charge in [-0.05, 0) is 0 Å². The van der Waals surface area contributed by atoms with Crippen LogP contribution < -0.4 is 19.5 Å². The van der Waals surface area contributed by atoms with Crippen molar-refractivity contribution < 1.29 is 4.57 Å². The van der Waals surface area contributed by atoms with Gasteiger partial charge in [0.15, 0.2) is 0 Å². The summed E-state index contributed by atoms with van der Waals surface area (Å²) < 4.78 is 17.8. The third-order valence-electron chi connectivity index (χ3n) is 5.29. The summed E-state index contributed by atoms with van der Waals surface area (Å²) in [5.74, 6) is 0. The SMILES string of the molecule is O=P(c1ccccc1)(c1ccccc1)C1c2ccccc2[Se]c2ccccc21. The molecule has 0 aromatic heterocycles. The fraction of sp³-hybridized carbons (Fsp3) is 0.0400. The van der Waals surface area contributed by atoms with E-state index in [2.05, 4.69) is 48.5 Å². The molecular weight excluding hydrogens is 426 g/mol. The molecule has 0 atom stereocenters. The van der Waals surface area contributed by atoms with E-state index in [1.54, 1.807) is 0 Å². The Morgan fingerprint density at radius 2 is 0.929 bits per heavy atom.